The molecule has 3 aromatic rings. The number of nitrogens with one attached hydrogen (secondary N) is 2. The highest BCUT2D eigenvalue weighted by Gasteiger charge is 2.33. The van der Waals surface area contributed by atoms with Crippen molar-refractivity contribution in [1.82, 2.24) is 14.9 Å². The second-order valence-electron chi connectivity index (χ2n) is 7.92. The lowest BCUT2D eigenvalue weighted by Crippen LogP contribution is -2.21. The molecule has 0 atom stereocenters. The smallest absolute Gasteiger partial charge is 0.406 e. The molecule has 2 N–H and O–H groups in total. The molecule has 0 unspecified atom stereocenters. The average Bonchev–Trinajstić information content (AvgIpc) is 2.73. The third-order valence-corrected chi connectivity index (χ3v) is 4.75. The van der Waals surface area contributed by atoms with Gasteiger partial charge in [0.25, 0.3) is 0 Å². The molecule has 1 aromatic heterocycles. The molecule has 0 aliphatic carbocycles. The van der Waals surface area contributed by atoms with Crippen LogP contribution in [-0.2, 0) is 6.18 Å². The van der Waals surface area contributed by atoms with Gasteiger partial charge >= 0.3 is 12.5 Å². The Morgan fingerprint density at radius 2 is 1.69 bits per heavy atom. The van der Waals surface area contributed by atoms with E-state index in [0.717, 1.165) is 18.2 Å². The van der Waals surface area contributed by atoms with Crippen molar-refractivity contribution in [2.45, 2.75) is 19.5 Å². The first-order valence-electron chi connectivity index (χ1n) is 10.4. The number of rotatable bonds is 8. The van der Waals surface area contributed by atoms with Crippen LogP contribution in [0.25, 0.3) is 11.3 Å². The minimum atomic E-state index is -4.86. The number of hydrogen-bond donors (Lipinski definition) is 2. The largest absolute Gasteiger partial charge is 0.573 e. The van der Waals surface area contributed by atoms with Gasteiger partial charge in [0.15, 0.2) is 0 Å². The predicted octanol–water partition coefficient (Wildman–Crippen LogP) is 6.09. The standard InChI is InChI=1S/C23H23F6N5O/c1-14-7-8-16(12-18(14)22(24,25)26)31-20-13-19(32-21(33-20)30-9-10-34(2)3)15-5-4-6-17(11-15)35-23(27,28)29/h4-8,11-13H,9-10H2,1-3H3,(H2,30,31,32,33). The fraction of sp³-hybridized carbons (Fsp3) is 0.304. The van der Waals surface area contributed by atoms with Gasteiger partial charge in [-0.1, -0.05) is 18.2 Å². The van der Waals surface area contributed by atoms with Crippen LogP contribution in [-0.4, -0.2) is 48.4 Å². The fourth-order valence-corrected chi connectivity index (χ4v) is 3.14. The van der Waals surface area contributed by atoms with E-state index in [4.69, 9.17) is 0 Å². The van der Waals surface area contributed by atoms with E-state index in [0.29, 0.717) is 18.7 Å². The summed E-state index contributed by atoms with van der Waals surface area (Å²) >= 11 is 0. The number of ether oxygens (including phenoxy) is 1. The van der Waals surface area contributed by atoms with E-state index in [9.17, 15) is 26.3 Å². The Labute approximate surface area is 198 Å². The van der Waals surface area contributed by atoms with E-state index in [1.165, 1.54) is 37.3 Å². The highest BCUT2D eigenvalue weighted by molar-refractivity contribution is 5.68. The zero-order chi connectivity index (χ0) is 25.8. The topological polar surface area (TPSA) is 62.3 Å². The molecule has 0 radical (unpaired) electrons. The molecule has 2 aromatic carbocycles. The van der Waals surface area contributed by atoms with Crippen LogP contribution in [0.5, 0.6) is 5.75 Å². The number of alkyl halides is 6. The van der Waals surface area contributed by atoms with Crippen molar-refractivity contribution in [3.8, 4) is 17.0 Å². The highest BCUT2D eigenvalue weighted by atomic mass is 19.4. The minimum Gasteiger partial charge on any atom is -0.406 e. The fourth-order valence-electron chi connectivity index (χ4n) is 3.14. The Bertz CT molecular complexity index is 1160. The van der Waals surface area contributed by atoms with Gasteiger partial charge in [-0.2, -0.15) is 18.2 Å². The normalized spacial score (nSPS) is 12.1. The Hall–Kier alpha value is -3.54. The lowest BCUT2D eigenvalue weighted by atomic mass is 10.1. The van der Waals surface area contributed by atoms with E-state index in [2.05, 4.69) is 25.3 Å². The SMILES string of the molecule is Cc1ccc(Nc2cc(-c3cccc(OC(F)(F)F)c3)nc(NCCN(C)C)n2)cc1C(F)(F)F. The van der Waals surface area contributed by atoms with Crippen molar-refractivity contribution in [1.29, 1.82) is 0 Å². The van der Waals surface area contributed by atoms with Crippen LogP contribution in [0.4, 0.5) is 43.8 Å². The van der Waals surface area contributed by atoms with Crippen molar-refractivity contribution < 1.29 is 31.1 Å². The number of likely N-dealkylation sites (N-methyl/N-ethyl adjacent to an activating group) is 1. The molecule has 0 amide bonds. The van der Waals surface area contributed by atoms with Gasteiger partial charge in [0, 0.05) is 30.4 Å². The van der Waals surface area contributed by atoms with Crippen molar-refractivity contribution in [2.24, 2.45) is 0 Å². The summed E-state index contributed by atoms with van der Waals surface area (Å²) in [5, 5.41) is 5.85. The third-order valence-electron chi connectivity index (χ3n) is 4.75. The zero-order valence-corrected chi connectivity index (χ0v) is 19.1. The number of anilines is 3. The number of benzene rings is 2. The van der Waals surface area contributed by atoms with Crippen LogP contribution >= 0.6 is 0 Å². The molecule has 0 saturated heterocycles. The molecule has 188 valence electrons. The van der Waals surface area contributed by atoms with Crippen LogP contribution in [0.15, 0.2) is 48.5 Å². The monoisotopic (exact) mass is 499 g/mol. The summed E-state index contributed by atoms with van der Waals surface area (Å²) in [7, 11) is 3.74. The summed E-state index contributed by atoms with van der Waals surface area (Å²) in [5.74, 6) is -0.128. The first-order valence-corrected chi connectivity index (χ1v) is 10.4. The maximum Gasteiger partial charge on any atom is 0.573 e. The molecular formula is C23H23F6N5O. The minimum absolute atomic E-state index is 0.0685. The van der Waals surface area contributed by atoms with Gasteiger partial charge in [-0.3, -0.25) is 0 Å². The van der Waals surface area contributed by atoms with Crippen molar-refractivity contribution >= 4 is 17.5 Å². The summed E-state index contributed by atoms with van der Waals surface area (Å²) < 4.78 is 81.9. The van der Waals surface area contributed by atoms with Crippen molar-refractivity contribution in [2.75, 3.05) is 37.8 Å². The zero-order valence-electron chi connectivity index (χ0n) is 19.1. The summed E-state index contributed by atoms with van der Waals surface area (Å²) in [6.45, 7) is 2.45. The summed E-state index contributed by atoms with van der Waals surface area (Å²) in [4.78, 5) is 10.6. The molecular weight excluding hydrogens is 476 g/mol. The maximum atomic E-state index is 13.3. The van der Waals surface area contributed by atoms with Crippen LogP contribution in [0.3, 0.4) is 0 Å². The second kappa shape index (κ2) is 10.4. The summed E-state index contributed by atoms with van der Waals surface area (Å²) in [5.41, 5.74) is -0.0450. The number of nitrogens with zero attached hydrogens (tertiary/aromatic N) is 3. The van der Waals surface area contributed by atoms with Gasteiger partial charge in [0.1, 0.15) is 11.6 Å². The molecule has 0 aliphatic rings. The van der Waals surface area contributed by atoms with Gasteiger partial charge in [0.05, 0.1) is 11.3 Å². The number of aromatic nitrogens is 2. The lowest BCUT2D eigenvalue weighted by Gasteiger charge is -2.15. The maximum absolute atomic E-state index is 13.3. The van der Waals surface area contributed by atoms with E-state index in [1.54, 1.807) is 0 Å². The van der Waals surface area contributed by atoms with Gasteiger partial charge in [-0.25, -0.2) is 4.98 Å². The van der Waals surface area contributed by atoms with Crippen LogP contribution in [0, 0.1) is 6.92 Å². The molecule has 0 aliphatic heterocycles. The number of aryl methyl sites for hydroxylation is 1. The molecule has 35 heavy (non-hydrogen) atoms. The Balaban J connectivity index is 1.98. The Morgan fingerprint density at radius 3 is 2.34 bits per heavy atom. The average molecular weight is 499 g/mol. The molecule has 0 bridgehead atoms. The molecule has 0 spiro atoms. The van der Waals surface area contributed by atoms with Crippen LogP contribution < -0.4 is 15.4 Å². The van der Waals surface area contributed by atoms with E-state index < -0.39 is 23.9 Å². The molecule has 1 heterocycles. The Morgan fingerprint density at radius 1 is 0.943 bits per heavy atom. The van der Waals surface area contributed by atoms with E-state index in [1.807, 2.05) is 19.0 Å². The molecule has 12 heteroatoms. The quantitative estimate of drug-likeness (QED) is 0.366. The molecule has 0 saturated carbocycles. The molecule has 3 rings (SSSR count). The van der Waals surface area contributed by atoms with Crippen LogP contribution in [0.2, 0.25) is 0 Å². The number of halogens is 6. The van der Waals surface area contributed by atoms with Gasteiger partial charge < -0.3 is 20.3 Å². The van der Waals surface area contributed by atoms with Gasteiger partial charge in [-0.15, -0.1) is 13.2 Å². The summed E-state index contributed by atoms with van der Waals surface area (Å²) in [6, 6.07) is 10.4. The van der Waals surface area contributed by atoms with E-state index >= 15 is 0 Å². The Kier molecular flexibility index (Phi) is 7.73. The van der Waals surface area contributed by atoms with Crippen molar-refractivity contribution in [3.63, 3.8) is 0 Å². The number of hydrogen-bond acceptors (Lipinski definition) is 6. The van der Waals surface area contributed by atoms with Crippen LogP contribution in [0.1, 0.15) is 11.1 Å². The first-order chi connectivity index (χ1) is 16.3. The van der Waals surface area contributed by atoms with Gasteiger partial charge in [-0.05, 0) is 50.8 Å². The predicted molar refractivity (Wildman–Crippen MR) is 121 cm³/mol. The first kappa shape index (κ1) is 26.1. The molecule has 6 nitrogen and oxygen atoms in total. The van der Waals surface area contributed by atoms with Crippen molar-refractivity contribution in [3.05, 3.63) is 59.7 Å². The highest BCUT2D eigenvalue weighted by Crippen LogP contribution is 2.34. The lowest BCUT2D eigenvalue weighted by molar-refractivity contribution is -0.274. The second-order valence-corrected chi connectivity index (χ2v) is 7.92. The van der Waals surface area contributed by atoms with Gasteiger partial charge in [0.2, 0.25) is 5.95 Å². The molecule has 0 fully saturated rings. The third kappa shape index (κ3) is 7.74. The van der Waals surface area contributed by atoms with E-state index in [-0.39, 0.29) is 28.7 Å². The summed E-state index contributed by atoms with van der Waals surface area (Å²) in [6.07, 6.45) is -9.39.